The van der Waals surface area contributed by atoms with Crippen molar-refractivity contribution in [2.45, 2.75) is 23.5 Å². The summed E-state index contributed by atoms with van der Waals surface area (Å²) in [4.78, 5) is 11.1. The topological polar surface area (TPSA) is 94.9 Å². The van der Waals surface area contributed by atoms with Crippen molar-refractivity contribution < 1.29 is 23.4 Å². The Hall–Kier alpha value is -0.480. The zero-order chi connectivity index (χ0) is 15.1. The molecule has 2 atom stereocenters. The first-order valence-electron chi connectivity index (χ1n) is 5.61. The molecule has 0 amide bonds. The smallest absolute Gasteiger partial charge is 0.322 e. The summed E-state index contributed by atoms with van der Waals surface area (Å²) in [5, 5.41) is 18.6. The van der Waals surface area contributed by atoms with Crippen LogP contribution >= 0.6 is 31.9 Å². The minimum Gasteiger partial charge on any atom is -0.480 e. The first-order chi connectivity index (χ1) is 9.23. The SMILES string of the molecule is O=C(O)[C@@H]1C[C@@H](O)CN1S(=O)(=O)c1ccc(Br)cc1Br. The Morgan fingerprint density at radius 1 is 1.35 bits per heavy atom. The van der Waals surface area contributed by atoms with Crippen molar-refractivity contribution in [3.63, 3.8) is 0 Å². The third kappa shape index (κ3) is 2.91. The highest BCUT2D eigenvalue weighted by Gasteiger charge is 2.44. The minimum atomic E-state index is -3.99. The number of carboxylic acids is 1. The number of nitrogens with zero attached hydrogens (tertiary/aromatic N) is 1. The van der Waals surface area contributed by atoms with Crippen LogP contribution in [0.4, 0.5) is 0 Å². The lowest BCUT2D eigenvalue weighted by Gasteiger charge is -2.21. The van der Waals surface area contributed by atoms with Gasteiger partial charge in [0.15, 0.2) is 0 Å². The molecule has 0 bridgehead atoms. The summed E-state index contributed by atoms with van der Waals surface area (Å²) in [5.74, 6) is -1.27. The second kappa shape index (κ2) is 5.72. The van der Waals surface area contributed by atoms with Crippen LogP contribution in [0.5, 0.6) is 0 Å². The van der Waals surface area contributed by atoms with Gasteiger partial charge in [-0.2, -0.15) is 4.31 Å². The molecule has 20 heavy (non-hydrogen) atoms. The molecule has 110 valence electrons. The molecule has 0 aliphatic carbocycles. The van der Waals surface area contributed by atoms with E-state index in [4.69, 9.17) is 5.11 Å². The van der Waals surface area contributed by atoms with Crippen LogP contribution in [0.15, 0.2) is 32.0 Å². The predicted molar refractivity (Wildman–Crippen MR) is 77.8 cm³/mol. The van der Waals surface area contributed by atoms with E-state index in [1.807, 2.05) is 0 Å². The van der Waals surface area contributed by atoms with E-state index in [0.717, 1.165) is 4.31 Å². The van der Waals surface area contributed by atoms with E-state index in [-0.39, 0.29) is 17.9 Å². The molecular weight excluding hydrogens is 418 g/mol. The van der Waals surface area contributed by atoms with E-state index in [0.29, 0.717) is 8.95 Å². The zero-order valence-corrected chi connectivity index (χ0v) is 14.0. The van der Waals surface area contributed by atoms with Crippen molar-refractivity contribution in [3.8, 4) is 0 Å². The van der Waals surface area contributed by atoms with E-state index >= 15 is 0 Å². The number of halogens is 2. The first kappa shape index (κ1) is 15.9. The number of carbonyl (C=O) groups is 1. The van der Waals surface area contributed by atoms with Crippen molar-refractivity contribution in [1.29, 1.82) is 0 Å². The van der Waals surface area contributed by atoms with Gasteiger partial charge in [-0.3, -0.25) is 4.79 Å². The average molecular weight is 429 g/mol. The highest BCUT2D eigenvalue weighted by Crippen LogP contribution is 2.32. The Balaban J connectivity index is 2.46. The van der Waals surface area contributed by atoms with E-state index in [9.17, 15) is 18.3 Å². The number of hydrogen-bond donors (Lipinski definition) is 2. The third-order valence-electron chi connectivity index (χ3n) is 3.00. The summed E-state index contributed by atoms with van der Waals surface area (Å²) < 4.78 is 26.9. The Kier molecular flexibility index (Phi) is 4.55. The van der Waals surface area contributed by atoms with E-state index in [1.54, 1.807) is 12.1 Å². The lowest BCUT2D eigenvalue weighted by Crippen LogP contribution is -2.40. The van der Waals surface area contributed by atoms with Crippen molar-refractivity contribution in [3.05, 3.63) is 27.1 Å². The lowest BCUT2D eigenvalue weighted by molar-refractivity contribution is -0.140. The van der Waals surface area contributed by atoms with Crippen LogP contribution in [-0.4, -0.2) is 47.6 Å². The largest absolute Gasteiger partial charge is 0.480 e. The van der Waals surface area contributed by atoms with Gasteiger partial charge in [0.05, 0.1) is 11.0 Å². The van der Waals surface area contributed by atoms with Gasteiger partial charge >= 0.3 is 5.97 Å². The molecule has 1 heterocycles. The average Bonchev–Trinajstić information content (AvgIpc) is 2.71. The van der Waals surface area contributed by atoms with Crippen molar-refractivity contribution in [2.75, 3.05) is 6.54 Å². The fraction of sp³-hybridized carbons (Fsp3) is 0.364. The quantitative estimate of drug-likeness (QED) is 0.759. The van der Waals surface area contributed by atoms with Crippen LogP contribution < -0.4 is 0 Å². The van der Waals surface area contributed by atoms with Gasteiger partial charge in [0.1, 0.15) is 6.04 Å². The fourth-order valence-corrected chi connectivity index (χ4v) is 5.42. The second-order valence-corrected chi connectivity index (χ2v) is 8.02. The number of aliphatic hydroxyl groups is 1. The van der Waals surface area contributed by atoms with Crippen molar-refractivity contribution in [2.24, 2.45) is 0 Å². The molecule has 0 spiro atoms. The summed E-state index contributed by atoms with van der Waals surface area (Å²) in [6.07, 6.45) is -1.08. The molecule has 1 aliphatic heterocycles. The Labute approximate surface area is 132 Å². The number of benzene rings is 1. The van der Waals surface area contributed by atoms with Gasteiger partial charge in [-0.15, -0.1) is 0 Å². The Morgan fingerprint density at radius 2 is 2.00 bits per heavy atom. The third-order valence-corrected chi connectivity index (χ3v) is 6.34. The molecule has 2 rings (SSSR count). The van der Waals surface area contributed by atoms with Gasteiger partial charge in [0, 0.05) is 21.9 Å². The van der Waals surface area contributed by atoms with Gasteiger partial charge in [0.25, 0.3) is 0 Å². The van der Waals surface area contributed by atoms with Gasteiger partial charge in [-0.25, -0.2) is 8.42 Å². The molecule has 0 unspecified atom stereocenters. The highest BCUT2D eigenvalue weighted by atomic mass is 79.9. The molecule has 9 heteroatoms. The van der Waals surface area contributed by atoms with Gasteiger partial charge < -0.3 is 10.2 Å². The number of β-amino-alcohol motifs (C(OH)–C–C–N with tert-alkyl or cyclic N) is 1. The number of rotatable bonds is 3. The molecule has 1 saturated heterocycles. The molecule has 0 saturated carbocycles. The van der Waals surface area contributed by atoms with E-state index in [1.165, 1.54) is 6.07 Å². The summed E-state index contributed by atoms with van der Waals surface area (Å²) in [6.45, 7) is -0.220. The molecule has 1 aromatic rings. The maximum absolute atomic E-state index is 12.5. The van der Waals surface area contributed by atoms with Crippen LogP contribution in [0.25, 0.3) is 0 Å². The molecule has 0 aromatic heterocycles. The number of aliphatic carboxylic acids is 1. The van der Waals surface area contributed by atoms with E-state index in [2.05, 4.69) is 31.9 Å². The van der Waals surface area contributed by atoms with Crippen LogP contribution in [0.2, 0.25) is 0 Å². The van der Waals surface area contributed by atoms with Crippen molar-refractivity contribution >= 4 is 47.9 Å². The number of hydrogen-bond acceptors (Lipinski definition) is 4. The predicted octanol–water partition coefficient (Wildman–Crippen LogP) is 1.42. The van der Waals surface area contributed by atoms with Gasteiger partial charge in [-0.05, 0) is 34.1 Å². The summed E-state index contributed by atoms with van der Waals surface area (Å²) in [5.41, 5.74) is 0. The molecule has 6 nitrogen and oxygen atoms in total. The lowest BCUT2D eigenvalue weighted by atomic mass is 10.2. The molecule has 1 fully saturated rings. The molecule has 0 radical (unpaired) electrons. The van der Waals surface area contributed by atoms with E-state index < -0.39 is 28.1 Å². The van der Waals surface area contributed by atoms with Crippen LogP contribution in [0.1, 0.15) is 6.42 Å². The van der Waals surface area contributed by atoms with Crippen LogP contribution in [0.3, 0.4) is 0 Å². The maximum atomic E-state index is 12.5. The second-order valence-electron chi connectivity index (χ2n) is 4.39. The zero-order valence-electron chi connectivity index (χ0n) is 10.0. The Morgan fingerprint density at radius 3 is 2.55 bits per heavy atom. The first-order valence-corrected chi connectivity index (χ1v) is 8.64. The van der Waals surface area contributed by atoms with Crippen molar-refractivity contribution in [1.82, 2.24) is 4.31 Å². The fourth-order valence-electron chi connectivity index (χ4n) is 2.09. The number of carboxylic acid groups (broad SMARTS) is 1. The monoisotopic (exact) mass is 427 g/mol. The molecule has 2 N–H and O–H groups in total. The minimum absolute atomic E-state index is 0.0268. The van der Waals surface area contributed by atoms with Crippen LogP contribution in [0, 0.1) is 0 Å². The summed E-state index contributed by atoms with van der Waals surface area (Å²) >= 11 is 6.37. The van der Waals surface area contributed by atoms with Crippen LogP contribution in [-0.2, 0) is 14.8 Å². The summed E-state index contributed by atoms with van der Waals surface area (Å²) in [6, 6.07) is 3.26. The highest BCUT2D eigenvalue weighted by molar-refractivity contribution is 9.11. The van der Waals surface area contributed by atoms with Gasteiger partial charge in [-0.1, -0.05) is 15.9 Å². The standard InChI is InChI=1S/C11H11Br2NO5S/c12-6-1-2-10(8(13)3-6)20(18,19)14-5-7(15)4-9(14)11(16)17/h1-3,7,9,15H,4-5H2,(H,16,17)/t7-,9+/m1/s1. The normalized spacial score (nSPS) is 23.9. The number of aliphatic hydroxyl groups excluding tert-OH is 1. The molecular formula is C11H11Br2NO5S. The maximum Gasteiger partial charge on any atom is 0.322 e. The Bertz CT molecular complexity index is 648. The van der Waals surface area contributed by atoms with Gasteiger partial charge in [0.2, 0.25) is 10.0 Å². The number of sulfonamides is 1. The molecule has 1 aromatic carbocycles. The summed E-state index contributed by atoms with van der Waals surface area (Å²) in [7, 11) is -3.99. The molecule has 1 aliphatic rings.